The first-order valence-electron chi connectivity index (χ1n) is 2.93. The fraction of sp³-hybridized carbons (Fsp3) is 1.00. The smallest absolute Gasteiger partial charge is 0.197 e. The Morgan fingerprint density at radius 2 is 2.11 bits per heavy atom. The van der Waals surface area contributed by atoms with E-state index in [1.807, 2.05) is 0 Å². The van der Waals surface area contributed by atoms with Gasteiger partial charge in [0.15, 0.2) is 8.32 Å². The summed E-state index contributed by atoms with van der Waals surface area (Å²) in [5.74, 6) is 0. The van der Waals surface area contributed by atoms with Crippen LogP contribution in [-0.4, -0.2) is 31.6 Å². The van der Waals surface area contributed by atoms with Crippen molar-refractivity contribution in [3.8, 4) is 0 Å². The predicted molar refractivity (Wildman–Crippen MR) is 44.3 cm³/mol. The number of alkyl halides is 1. The van der Waals surface area contributed by atoms with E-state index in [2.05, 4.69) is 29.0 Å². The number of hydrogen-bond donors (Lipinski definition) is 1. The summed E-state index contributed by atoms with van der Waals surface area (Å²) in [5.41, 5.74) is 0. The van der Waals surface area contributed by atoms with E-state index in [4.69, 9.17) is 9.53 Å². The SMILES string of the molecule is C[Si](C)(CBr)OCCO. The topological polar surface area (TPSA) is 29.5 Å². The summed E-state index contributed by atoms with van der Waals surface area (Å²) in [6.07, 6.45) is 0. The summed E-state index contributed by atoms with van der Waals surface area (Å²) in [6.45, 7) is 4.82. The number of aliphatic hydroxyl groups is 1. The van der Waals surface area contributed by atoms with E-state index in [1.165, 1.54) is 0 Å². The zero-order valence-electron chi connectivity index (χ0n) is 5.85. The number of halogens is 1. The molecule has 0 saturated carbocycles. The van der Waals surface area contributed by atoms with Crippen LogP contribution in [0.5, 0.6) is 0 Å². The van der Waals surface area contributed by atoms with Crippen LogP contribution in [0.3, 0.4) is 0 Å². The van der Waals surface area contributed by atoms with Crippen molar-refractivity contribution < 1.29 is 9.53 Å². The van der Waals surface area contributed by atoms with Gasteiger partial charge >= 0.3 is 0 Å². The third-order valence-corrected chi connectivity index (χ3v) is 6.59. The van der Waals surface area contributed by atoms with Gasteiger partial charge in [0.25, 0.3) is 0 Å². The second kappa shape index (κ2) is 4.44. The molecule has 9 heavy (non-hydrogen) atoms. The summed E-state index contributed by atoms with van der Waals surface area (Å²) in [6, 6.07) is 0. The standard InChI is InChI=1S/C5H13BrO2Si/c1-9(2,5-6)8-4-3-7/h7H,3-5H2,1-2H3. The Morgan fingerprint density at radius 1 is 1.56 bits per heavy atom. The molecule has 0 aromatic rings. The minimum absolute atomic E-state index is 0.128. The molecule has 4 heteroatoms. The van der Waals surface area contributed by atoms with Gasteiger partial charge in [-0.15, -0.1) is 0 Å². The Morgan fingerprint density at radius 3 is 2.44 bits per heavy atom. The van der Waals surface area contributed by atoms with Gasteiger partial charge in [-0.05, 0) is 13.1 Å². The second-order valence-corrected chi connectivity index (χ2v) is 8.22. The van der Waals surface area contributed by atoms with E-state index in [0.717, 1.165) is 4.95 Å². The molecule has 0 amide bonds. The van der Waals surface area contributed by atoms with Crippen LogP contribution in [0.2, 0.25) is 13.1 Å². The summed E-state index contributed by atoms with van der Waals surface area (Å²) >= 11 is 3.36. The van der Waals surface area contributed by atoms with Crippen molar-refractivity contribution in [2.45, 2.75) is 13.1 Å². The first kappa shape index (κ1) is 9.62. The second-order valence-electron chi connectivity index (χ2n) is 2.47. The lowest BCUT2D eigenvalue weighted by molar-refractivity contribution is 0.197. The fourth-order valence-corrected chi connectivity index (χ4v) is 1.57. The maximum absolute atomic E-state index is 8.41. The molecule has 0 fully saturated rings. The zero-order valence-corrected chi connectivity index (χ0v) is 8.44. The van der Waals surface area contributed by atoms with Crippen LogP contribution >= 0.6 is 15.9 Å². The van der Waals surface area contributed by atoms with Crippen LogP contribution in [0.4, 0.5) is 0 Å². The number of rotatable bonds is 4. The minimum Gasteiger partial charge on any atom is -0.414 e. The molecule has 0 atom stereocenters. The normalized spacial score (nSPS) is 12.0. The molecular formula is C5H13BrO2Si. The van der Waals surface area contributed by atoms with Crippen molar-refractivity contribution in [2.75, 3.05) is 18.2 Å². The van der Waals surface area contributed by atoms with Crippen molar-refractivity contribution in [3.05, 3.63) is 0 Å². The van der Waals surface area contributed by atoms with Crippen LogP contribution in [0.25, 0.3) is 0 Å². The Kier molecular flexibility index (Phi) is 4.74. The largest absolute Gasteiger partial charge is 0.414 e. The highest BCUT2D eigenvalue weighted by Crippen LogP contribution is 2.06. The summed E-state index contributed by atoms with van der Waals surface area (Å²) in [5, 5.41) is 8.41. The summed E-state index contributed by atoms with van der Waals surface area (Å²) < 4.78 is 5.37. The van der Waals surface area contributed by atoms with Crippen LogP contribution in [0.1, 0.15) is 0 Å². The first-order chi connectivity index (χ1) is 4.12. The van der Waals surface area contributed by atoms with Gasteiger partial charge in [0.1, 0.15) is 0 Å². The van der Waals surface area contributed by atoms with Gasteiger partial charge < -0.3 is 9.53 Å². The Bertz CT molecular complexity index is 77.4. The molecule has 0 bridgehead atoms. The molecule has 0 aliphatic carbocycles. The van der Waals surface area contributed by atoms with Gasteiger partial charge in [0.2, 0.25) is 0 Å². The predicted octanol–water partition coefficient (Wildman–Crippen LogP) is 1.13. The Labute approximate surface area is 65.5 Å². The van der Waals surface area contributed by atoms with E-state index in [0.29, 0.717) is 6.61 Å². The van der Waals surface area contributed by atoms with E-state index >= 15 is 0 Å². The van der Waals surface area contributed by atoms with E-state index < -0.39 is 8.32 Å². The quantitative estimate of drug-likeness (QED) is 0.560. The molecular weight excluding hydrogens is 200 g/mol. The van der Waals surface area contributed by atoms with Crippen molar-refractivity contribution in [1.82, 2.24) is 0 Å². The molecule has 1 N–H and O–H groups in total. The Balaban J connectivity index is 3.33. The molecule has 0 radical (unpaired) electrons. The molecule has 0 heterocycles. The maximum Gasteiger partial charge on any atom is 0.197 e. The maximum atomic E-state index is 8.41. The Hall–Kier alpha value is 0.617. The molecule has 0 aromatic heterocycles. The van der Waals surface area contributed by atoms with Crippen LogP contribution in [-0.2, 0) is 4.43 Å². The van der Waals surface area contributed by atoms with E-state index in [1.54, 1.807) is 0 Å². The van der Waals surface area contributed by atoms with E-state index in [9.17, 15) is 0 Å². The molecule has 2 nitrogen and oxygen atoms in total. The molecule has 0 spiro atoms. The van der Waals surface area contributed by atoms with Gasteiger partial charge in [-0.25, -0.2) is 0 Å². The minimum atomic E-state index is -1.44. The summed E-state index contributed by atoms with van der Waals surface area (Å²) in [7, 11) is -1.44. The van der Waals surface area contributed by atoms with Crippen molar-refractivity contribution in [1.29, 1.82) is 0 Å². The fourth-order valence-electron chi connectivity index (χ4n) is 0.361. The molecule has 0 aliphatic rings. The summed E-state index contributed by atoms with van der Waals surface area (Å²) in [4.78, 5) is 0.931. The van der Waals surface area contributed by atoms with Gasteiger partial charge in [-0.2, -0.15) is 0 Å². The third kappa shape index (κ3) is 5.08. The van der Waals surface area contributed by atoms with Crippen LogP contribution in [0.15, 0.2) is 0 Å². The van der Waals surface area contributed by atoms with Crippen LogP contribution < -0.4 is 0 Å². The average Bonchev–Trinajstić information content (AvgIpc) is 1.84. The van der Waals surface area contributed by atoms with Gasteiger partial charge in [0.05, 0.1) is 13.2 Å². The number of aliphatic hydroxyl groups excluding tert-OH is 1. The van der Waals surface area contributed by atoms with E-state index in [-0.39, 0.29) is 6.61 Å². The number of hydrogen-bond acceptors (Lipinski definition) is 2. The van der Waals surface area contributed by atoms with Gasteiger partial charge in [0, 0.05) is 4.95 Å². The van der Waals surface area contributed by atoms with Crippen molar-refractivity contribution in [3.63, 3.8) is 0 Å². The lowest BCUT2D eigenvalue weighted by Crippen LogP contribution is -2.33. The zero-order chi connectivity index (χ0) is 7.33. The monoisotopic (exact) mass is 212 g/mol. The molecule has 0 aliphatic heterocycles. The highest BCUT2D eigenvalue weighted by Gasteiger charge is 2.19. The lowest BCUT2D eigenvalue weighted by atomic mass is 10.8. The van der Waals surface area contributed by atoms with Gasteiger partial charge in [-0.1, -0.05) is 15.9 Å². The molecule has 0 saturated heterocycles. The van der Waals surface area contributed by atoms with Gasteiger partial charge in [-0.3, -0.25) is 0 Å². The molecule has 0 aromatic carbocycles. The molecule has 0 rings (SSSR count). The highest BCUT2D eigenvalue weighted by atomic mass is 79.9. The van der Waals surface area contributed by atoms with Crippen molar-refractivity contribution >= 4 is 24.2 Å². The molecule has 56 valence electrons. The molecule has 0 unspecified atom stereocenters. The van der Waals surface area contributed by atoms with Crippen LogP contribution in [0, 0.1) is 0 Å². The highest BCUT2D eigenvalue weighted by molar-refractivity contribution is 9.09. The average molecular weight is 213 g/mol. The lowest BCUT2D eigenvalue weighted by Gasteiger charge is -2.18. The first-order valence-corrected chi connectivity index (χ1v) is 7.17. The third-order valence-electron chi connectivity index (χ3n) is 0.906. The van der Waals surface area contributed by atoms with Crippen molar-refractivity contribution in [2.24, 2.45) is 0 Å².